The van der Waals surface area contributed by atoms with Gasteiger partial charge in [-0.2, -0.15) is 0 Å². The SMILES string of the molecule is COc1ccc(-n2c(SCc3ccccc3F)nc3ccccc3c2=O)cc1OC. The van der Waals surface area contributed by atoms with Crippen molar-refractivity contribution in [3.05, 3.63) is 88.5 Å². The van der Waals surface area contributed by atoms with Crippen LogP contribution in [-0.2, 0) is 5.75 Å². The predicted octanol–water partition coefficient (Wildman–Crippen LogP) is 4.83. The zero-order valence-electron chi connectivity index (χ0n) is 16.5. The molecule has 0 N–H and O–H groups in total. The summed E-state index contributed by atoms with van der Waals surface area (Å²) in [6.45, 7) is 0. The van der Waals surface area contributed by atoms with Gasteiger partial charge in [0.25, 0.3) is 5.56 Å². The lowest BCUT2D eigenvalue weighted by molar-refractivity contribution is 0.354. The van der Waals surface area contributed by atoms with Gasteiger partial charge in [-0.15, -0.1) is 0 Å². The van der Waals surface area contributed by atoms with Crippen LogP contribution < -0.4 is 15.0 Å². The normalized spacial score (nSPS) is 10.9. The average Bonchev–Trinajstić information content (AvgIpc) is 2.78. The summed E-state index contributed by atoms with van der Waals surface area (Å²) in [6.07, 6.45) is 0. The fourth-order valence-corrected chi connectivity index (χ4v) is 4.16. The summed E-state index contributed by atoms with van der Waals surface area (Å²) in [5.41, 5.74) is 1.52. The van der Waals surface area contributed by atoms with E-state index < -0.39 is 0 Å². The van der Waals surface area contributed by atoms with Gasteiger partial charge in [-0.1, -0.05) is 42.1 Å². The number of hydrogen-bond acceptors (Lipinski definition) is 5. The van der Waals surface area contributed by atoms with Crippen LogP contribution in [0.1, 0.15) is 5.56 Å². The molecule has 0 radical (unpaired) electrons. The number of hydrogen-bond donors (Lipinski definition) is 0. The molecule has 0 fully saturated rings. The van der Waals surface area contributed by atoms with Crippen LogP contribution in [0.15, 0.2) is 76.7 Å². The molecule has 0 saturated heterocycles. The highest BCUT2D eigenvalue weighted by molar-refractivity contribution is 7.98. The number of nitrogens with zero attached hydrogens (tertiary/aromatic N) is 2. The molecule has 0 unspecified atom stereocenters. The van der Waals surface area contributed by atoms with Crippen molar-refractivity contribution in [1.82, 2.24) is 9.55 Å². The van der Waals surface area contributed by atoms with E-state index in [0.717, 1.165) is 0 Å². The highest BCUT2D eigenvalue weighted by Crippen LogP contribution is 2.31. The molecular formula is C23H19FN2O3S. The van der Waals surface area contributed by atoms with Crippen molar-refractivity contribution in [3.63, 3.8) is 0 Å². The van der Waals surface area contributed by atoms with Crippen LogP contribution in [0.2, 0.25) is 0 Å². The minimum Gasteiger partial charge on any atom is -0.493 e. The first-order valence-electron chi connectivity index (χ1n) is 9.22. The topological polar surface area (TPSA) is 53.4 Å². The third-order valence-electron chi connectivity index (χ3n) is 4.68. The molecule has 7 heteroatoms. The molecule has 30 heavy (non-hydrogen) atoms. The molecule has 152 valence electrons. The molecule has 3 aromatic carbocycles. The lowest BCUT2D eigenvalue weighted by atomic mass is 10.2. The molecule has 0 saturated carbocycles. The predicted molar refractivity (Wildman–Crippen MR) is 116 cm³/mol. The van der Waals surface area contributed by atoms with Gasteiger partial charge in [-0.25, -0.2) is 9.37 Å². The van der Waals surface area contributed by atoms with Gasteiger partial charge >= 0.3 is 0 Å². The Balaban J connectivity index is 1.87. The Hall–Kier alpha value is -3.32. The maximum Gasteiger partial charge on any atom is 0.266 e. The Labute approximate surface area is 177 Å². The van der Waals surface area contributed by atoms with Gasteiger partial charge in [0.2, 0.25) is 0 Å². The van der Waals surface area contributed by atoms with E-state index in [2.05, 4.69) is 4.98 Å². The number of benzene rings is 3. The van der Waals surface area contributed by atoms with Crippen LogP contribution in [0.3, 0.4) is 0 Å². The van der Waals surface area contributed by atoms with E-state index in [1.54, 1.807) is 61.7 Å². The first-order chi connectivity index (χ1) is 14.6. The average molecular weight is 422 g/mol. The largest absolute Gasteiger partial charge is 0.493 e. The van der Waals surface area contributed by atoms with Crippen LogP contribution in [0.5, 0.6) is 11.5 Å². The van der Waals surface area contributed by atoms with E-state index in [0.29, 0.717) is 44.6 Å². The summed E-state index contributed by atoms with van der Waals surface area (Å²) in [5.74, 6) is 1.11. The van der Waals surface area contributed by atoms with E-state index in [1.807, 2.05) is 6.07 Å². The Bertz CT molecular complexity index is 1270. The van der Waals surface area contributed by atoms with Crippen LogP contribution in [0.4, 0.5) is 4.39 Å². The van der Waals surface area contributed by atoms with Crippen molar-refractivity contribution in [1.29, 1.82) is 0 Å². The fourth-order valence-electron chi connectivity index (χ4n) is 3.16. The molecule has 0 atom stereocenters. The minimum absolute atomic E-state index is 0.205. The standard InChI is InChI=1S/C23H19FN2O3S/c1-28-20-12-11-16(13-21(20)29-2)26-22(27)17-8-4-6-10-19(17)25-23(26)30-14-15-7-3-5-9-18(15)24/h3-13H,14H2,1-2H3. The van der Waals surface area contributed by atoms with Gasteiger partial charge in [-0.3, -0.25) is 9.36 Å². The fraction of sp³-hybridized carbons (Fsp3) is 0.130. The molecule has 4 aromatic rings. The Kier molecular flexibility index (Phi) is 5.72. The van der Waals surface area contributed by atoms with Crippen LogP contribution in [0, 0.1) is 5.82 Å². The molecule has 1 heterocycles. The lowest BCUT2D eigenvalue weighted by Gasteiger charge is -2.15. The summed E-state index contributed by atoms with van der Waals surface area (Å²) < 4.78 is 26.3. The minimum atomic E-state index is -0.286. The summed E-state index contributed by atoms with van der Waals surface area (Å²) >= 11 is 1.30. The second kappa shape index (κ2) is 8.59. The molecule has 0 aliphatic carbocycles. The quantitative estimate of drug-likeness (QED) is 0.329. The number of halogens is 1. The van der Waals surface area contributed by atoms with Crippen molar-refractivity contribution in [2.24, 2.45) is 0 Å². The molecule has 0 amide bonds. The van der Waals surface area contributed by atoms with Crippen molar-refractivity contribution in [3.8, 4) is 17.2 Å². The van der Waals surface area contributed by atoms with E-state index in [-0.39, 0.29) is 11.4 Å². The third kappa shape index (κ3) is 3.76. The molecule has 0 aliphatic heterocycles. The van der Waals surface area contributed by atoms with E-state index >= 15 is 0 Å². The van der Waals surface area contributed by atoms with E-state index in [4.69, 9.17) is 9.47 Å². The Morgan fingerprint density at radius 1 is 0.967 bits per heavy atom. The van der Waals surface area contributed by atoms with Crippen molar-refractivity contribution in [2.45, 2.75) is 10.9 Å². The Morgan fingerprint density at radius 3 is 2.47 bits per heavy atom. The lowest BCUT2D eigenvalue weighted by Crippen LogP contribution is -2.21. The summed E-state index contributed by atoms with van der Waals surface area (Å²) in [5, 5.41) is 0.969. The van der Waals surface area contributed by atoms with Crippen LogP contribution in [-0.4, -0.2) is 23.8 Å². The van der Waals surface area contributed by atoms with Gasteiger partial charge in [-0.05, 0) is 35.9 Å². The number of rotatable bonds is 6. The number of fused-ring (bicyclic) bond motifs is 1. The highest BCUT2D eigenvalue weighted by Gasteiger charge is 2.16. The first-order valence-corrected chi connectivity index (χ1v) is 10.2. The van der Waals surface area contributed by atoms with Gasteiger partial charge in [0.15, 0.2) is 16.7 Å². The molecular weight excluding hydrogens is 403 g/mol. The maximum absolute atomic E-state index is 14.1. The van der Waals surface area contributed by atoms with Gasteiger partial charge < -0.3 is 9.47 Å². The summed E-state index contributed by atoms with van der Waals surface area (Å²) in [4.78, 5) is 18.0. The van der Waals surface area contributed by atoms with Crippen LogP contribution in [0.25, 0.3) is 16.6 Å². The second-order valence-electron chi connectivity index (χ2n) is 6.47. The van der Waals surface area contributed by atoms with Crippen molar-refractivity contribution < 1.29 is 13.9 Å². The highest BCUT2D eigenvalue weighted by atomic mass is 32.2. The Morgan fingerprint density at radius 2 is 1.70 bits per heavy atom. The van der Waals surface area contributed by atoms with Crippen LogP contribution >= 0.6 is 11.8 Å². The number of thioether (sulfide) groups is 1. The molecule has 5 nitrogen and oxygen atoms in total. The number of para-hydroxylation sites is 1. The van der Waals surface area contributed by atoms with Gasteiger partial charge in [0.05, 0.1) is 30.8 Å². The van der Waals surface area contributed by atoms with E-state index in [1.165, 1.54) is 29.5 Å². The summed E-state index contributed by atoms with van der Waals surface area (Å²) in [6, 6.07) is 19.0. The smallest absolute Gasteiger partial charge is 0.266 e. The molecule has 0 spiro atoms. The van der Waals surface area contributed by atoms with Gasteiger partial charge in [0, 0.05) is 11.8 Å². The number of methoxy groups -OCH3 is 2. The number of ether oxygens (including phenoxy) is 2. The zero-order chi connectivity index (χ0) is 21.1. The third-order valence-corrected chi connectivity index (χ3v) is 5.67. The first kappa shape index (κ1) is 20.0. The number of aromatic nitrogens is 2. The molecule has 0 aliphatic rings. The monoisotopic (exact) mass is 422 g/mol. The van der Waals surface area contributed by atoms with Crippen molar-refractivity contribution in [2.75, 3.05) is 14.2 Å². The van der Waals surface area contributed by atoms with Crippen molar-refractivity contribution >= 4 is 22.7 Å². The summed E-state index contributed by atoms with van der Waals surface area (Å²) in [7, 11) is 3.09. The van der Waals surface area contributed by atoms with Gasteiger partial charge in [0.1, 0.15) is 5.82 Å². The van der Waals surface area contributed by atoms with E-state index in [9.17, 15) is 9.18 Å². The second-order valence-corrected chi connectivity index (χ2v) is 7.41. The molecule has 0 bridgehead atoms. The maximum atomic E-state index is 14.1. The molecule has 4 rings (SSSR count). The zero-order valence-corrected chi connectivity index (χ0v) is 17.3. The molecule has 1 aromatic heterocycles.